The van der Waals surface area contributed by atoms with Gasteiger partial charge in [0.15, 0.2) is 0 Å². The Morgan fingerprint density at radius 3 is 2.60 bits per heavy atom. The van der Waals surface area contributed by atoms with Gasteiger partial charge in [0.05, 0.1) is 6.61 Å². The molecule has 0 aromatic heterocycles. The maximum Gasteiger partial charge on any atom is 0.119 e. The van der Waals surface area contributed by atoms with Crippen molar-refractivity contribution in [3.05, 3.63) is 30.3 Å². The fourth-order valence-corrected chi connectivity index (χ4v) is 2.59. The number of hydrogen-bond acceptors (Lipinski definition) is 3. The summed E-state index contributed by atoms with van der Waals surface area (Å²) in [4.78, 5) is 0. The molecule has 82 valence electrons. The van der Waals surface area contributed by atoms with Crippen molar-refractivity contribution in [3.8, 4) is 5.75 Å². The van der Waals surface area contributed by atoms with Crippen molar-refractivity contribution in [3.63, 3.8) is 0 Å². The maximum absolute atomic E-state index is 5.62. The summed E-state index contributed by atoms with van der Waals surface area (Å²) in [6.07, 6.45) is 2.71. The highest BCUT2D eigenvalue weighted by molar-refractivity contribution is 7.97. The van der Waals surface area contributed by atoms with Gasteiger partial charge in [0.2, 0.25) is 0 Å². The van der Waals surface area contributed by atoms with E-state index in [1.54, 1.807) is 0 Å². The molecule has 1 heterocycles. The van der Waals surface area contributed by atoms with E-state index in [2.05, 4.69) is 4.31 Å². The third kappa shape index (κ3) is 3.76. The first-order valence-electron chi connectivity index (χ1n) is 5.51. The number of benzene rings is 1. The quantitative estimate of drug-likeness (QED) is 0.562. The molecule has 0 saturated carbocycles. The Kier molecular flexibility index (Phi) is 4.36. The fourth-order valence-electron chi connectivity index (χ4n) is 1.66. The van der Waals surface area contributed by atoms with Gasteiger partial charge < -0.3 is 4.74 Å². The minimum absolute atomic E-state index is 0.797. The molecule has 2 nitrogen and oxygen atoms in total. The SMILES string of the molecule is c1ccc(OCCSN2CCCC2)cc1. The summed E-state index contributed by atoms with van der Waals surface area (Å²) >= 11 is 1.91. The molecule has 0 bridgehead atoms. The van der Waals surface area contributed by atoms with Crippen LogP contribution in [0.5, 0.6) is 5.75 Å². The Hall–Kier alpha value is -0.670. The smallest absolute Gasteiger partial charge is 0.119 e. The molecule has 15 heavy (non-hydrogen) atoms. The van der Waals surface area contributed by atoms with E-state index in [1.165, 1.54) is 25.9 Å². The van der Waals surface area contributed by atoms with E-state index in [4.69, 9.17) is 4.74 Å². The maximum atomic E-state index is 5.62. The Bertz CT molecular complexity index is 272. The summed E-state index contributed by atoms with van der Waals surface area (Å²) in [6, 6.07) is 10.0. The summed E-state index contributed by atoms with van der Waals surface area (Å²) in [5, 5.41) is 0. The number of para-hydroxylation sites is 1. The van der Waals surface area contributed by atoms with E-state index in [0.29, 0.717) is 0 Å². The first-order chi connectivity index (χ1) is 7.45. The molecule has 1 aliphatic rings. The van der Waals surface area contributed by atoms with Gasteiger partial charge in [-0.2, -0.15) is 0 Å². The van der Waals surface area contributed by atoms with Crippen LogP contribution in [0, 0.1) is 0 Å². The van der Waals surface area contributed by atoms with Crippen molar-refractivity contribution in [2.75, 3.05) is 25.4 Å². The normalized spacial score (nSPS) is 16.8. The molecule has 0 radical (unpaired) electrons. The second-order valence-electron chi connectivity index (χ2n) is 3.63. The molecule has 0 atom stereocenters. The molecule has 0 N–H and O–H groups in total. The molecule has 0 spiro atoms. The summed E-state index contributed by atoms with van der Waals surface area (Å²) in [5.41, 5.74) is 0. The highest BCUT2D eigenvalue weighted by Crippen LogP contribution is 2.18. The lowest BCUT2D eigenvalue weighted by Gasteiger charge is -2.13. The topological polar surface area (TPSA) is 12.5 Å². The molecule has 1 aromatic rings. The average Bonchev–Trinajstić information content (AvgIpc) is 2.79. The van der Waals surface area contributed by atoms with Crippen LogP contribution in [0.1, 0.15) is 12.8 Å². The van der Waals surface area contributed by atoms with E-state index >= 15 is 0 Å². The first-order valence-corrected chi connectivity index (χ1v) is 6.45. The summed E-state index contributed by atoms with van der Waals surface area (Å²) in [7, 11) is 0. The largest absolute Gasteiger partial charge is 0.493 e. The zero-order chi connectivity index (χ0) is 10.3. The summed E-state index contributed by atoms with van der Waals surface area (Å²) < 4.78 is 8.06. The summed E-state index contributed by atoms with van der Waals surface area (Å²) in [5.74, 6) is 2.02. The Labute approximate surface area is 95.7 Å². The van der Waals surface area contributed by atoms with Gasteiger partial charge in [-0.25, -0.2) is 0 Å². The standard InChI is InChI=1S/C12H17NOS/c1-2-6-12(7-3-1)14-10-11-15-13-8-4-5-9-13/h1-3,6-7H,4-5,8-11H2. The number of ether oxygens (including phenoxy) is 1. The molecular weight excluding hydrogens is 206 g/mol. The molecule has 1 fully saturated rings. The van der Waals surface area contributed by atoms with Crippen LogP contribution in [0.2, 0.25) is 0 Å². The van der Waals surface area contributed by atoms with Crippen molar-refractivity contribution in [2.45, 2.75) is 12.8 Å². The first kappa shape index (κ1) is 10.8. The van der Waals surface area contributed by atoms with E-state index in [9.17, 15) is 0 Å². The van der Waals surface area contributed by atoms with E-state index in [1.807, 2.05) is 42.3 Å². The van der Waals surface area contributed by atoms with Crippen LogP contribution >= 0.6 is 11.9 Å². The average molecular weight is 223 g/mol. The zero-order valence-corrected chi connectivity index (χ0v) is 9.71. The van der Waals surface area contributed by atoms with Crippen LogP contribution in [0.15, 0.2) is 30.3 Å². The van der Waals surface area contributed by atoms with Crippen molar-refractivity contribution in [2.24, 2.45) is 0 Å². The monoisotopic (exact) mass is 223 g/mol. The molecule has 0 unspecified atom stereocenters. The van der Waals surface area contributed by atoms with Crippen molar-refractivity contribution in [1.29, 1.82) is 0 Å². The third-order valence-electron chi connectivity index (χ3n) is 2.43. The molecule has 0 aliphatic carbocycles. The number of nitrogens with zero attached hydrogens (tertiary/aromatic N) is 1. The van der Waals surface area contributed by atoms with Gasteiger partial charge in [-0.1, -0.05) is 30.1 Å². The molecule has 3 heteroatoms. The van der Waals surface area contributed by atoms with Crippen LogP contribution in [-0.4, -0.2) is 29.8 Å². The molecule has 1 aliphatic heterocycles. The van der Waals surface area contributed by atoms with Gasteiger partial charge >= 0.3 is 0 Å². The second-order valence-corrected chi connectivity index (χ2v) is 4.81. The minimum Gasteiger partial charge on any atom is -0.493 e. The van der Waals surface area contributed by atoms with Gasteiger partial charge in [-0.15, -0.1) is 0 Å². The molecule has 0 amide bonds. The van der Waals surface area contributed by atoms with Gasteiger partial charge in [0.1, 0.15) is 5.75 Å². The highest BCUT2D eigenvalue weighted by Gasteiger charge is 2.10. The lowest BCUT2D eigenvalue weighted by Crippen LogP contribution is -2.12. The molecule has 2 rings (SSSR count). The van der Waals surface area contributed by atoms with E-state index in [-0.39, 0.29) is 0 Å². The van der Waals surface area contributed by atoms with Crippen LogP contribution in [0.3, 0.4) is 0 Å². The van der Waals surface area contributed by atoms with Crippen LogP contribution < -0.4 is 4.74 Å². The highest BCUT2D eigenvalue weighted by atomic mass is 32.2. The van der Waals surface area contributed by atoms with E-state index in [0.717, 1.165) is 18.1 Å². The predicted octanol–water partition coefficient (Wildman–Crippen LogP) is 2.81. The van der Waals surface area contributed by atoms with Gasteiger partial charge in [-0.3, -0.25) is 4.31 Å². The number of rotatable bonds is 5. The zero-order valence-electron chi connectivity index (χ0n) is 8.89. The Morgan fingerprint density at radius 2 is 1.87 bits per heavy atom. The van der Waals surface area contributed by atoms with Crippen LogP contribution in [-0.2, 0) is 0 Å². The van der Waals surface area contributed by atoms with Crippen molar-refractivity contribution >= 4 is 11.9 Å². The summed E-state index contributed by atoms with van der Waals surface area (Å²) in [6.45, 7) is 3.29. The van der Waals surface area contributed by atoms with E-state index < -0.39 is 0 Å². The van der Waals surface area contributed by atoms with Gasteiger partial charge in [0.25, 0.3) is 0 Å². The van der Waals surface area contributed by atoms with Crippen molar-refractivity contribution < 1.29 is 4.74 Å². The predicted molar refractivity (Wildman–Crippen MR) is 65.2 cm³/mol. The van der Waals surface area contributed by atoms with Crippen LogP contribution in [0.25, 0.3) is 0 Å². The molecule has 1 aromatic carbocycles. The number of hydrogen-bond donors (Lipinski definition) is 0. The fraction of sp³-hybridized carbons (Fsp3) is 0.500. The molecular formula is C12H17NOS. The molecule has 1 saturated heterocycles. The minimum atomic E-state index is 0.797. The lowest BCUT2D eigenvalue weighted by atomic mass is 10.3. The van der Waals surface area contributed by atoms with Crippen LogP contribution in [0.4, 0.5) is 0 Å². The second kappa shape index (κ2) is 6.03. The van der Waals surface area contributed by atoms with Gasteiger partial charge in [-0.05, 0) is 25.0 Å². The lowest BCUT2D eigenvalue weighted by molar-refractivity contribution is 0.342. The third-order valence-corrected chi connectivity index (χ3v) is 3.51. The van der Waals surface area contributed by atoms with Crippen molar-refractivity contribution in [1.82, 2.24) is 4.31 Å². The van der Waals surface area contributed by atoms with Gasteiger partial charge in [0, 0.05) is 18.8 Å². The Morgan fingerprint density at radius 1 is 1.13 bits per heavy atom. The Balaban J connectivity index is 1.59.